The average molecular weight is 389 g/mol. The highest BCUT2D eigenvalue weighted by molar-refractivity contribution is 7.10. The Morgan fingerprint density at radius 3 is 2.79 bits per heavy atom. The number of nitrogens with zero attached hydrogens (tertiary/aromatic N) is 4. The van der Waals surface area contributed by atoms with Crippen molar-refractivity contribution in [1.29, 1.82) is 0 Å². The van der Waals surface area contributed by atoms with Gasteiger partial charge in [-0.2, -0.15) is 5.10 Å². The van der Waals surface area contributed by atoms with Crippen molar-refractivity contribution in [2.45, 2.75) is 0 Å². The van der Waals surface area contributed by atoms with Crippen molar-refractivity contribution in [1.82, 2.24) is 19.7 Å². The van der Waals surface area contributed by atoms with Gasteiger partial charge in [-0.3, -0.25) is 4.79 Å². The Morgan fingerprint density at radius 2 is 2.04 bits per heavy atom. The molecule has 3 heterocycles. The van der Waals surface area contributed by atoms with Gasteiger partial charge in [0.25, 0.3) is 0 Å². The summed E-state index contributed by atoms with van der Waals surface area (Å²) in [5.74, 6) is 1.41. The summed E-state index contributed by atoms with van der Waals surface area (Å²) in [6, 6.07) is 14.4. The first-order chi connectivity index (χ1) is 13.8. The Balaban J connectivity index is 1.38. The molecular weight excluding hydrogens is 374 g/mol. The molecule has 0 saturated carbocycles. The van der Waals surface area contributed by atoms with Gasteiger partial charge >= 0.3 is 0 Å². The summed E-state index contributed by atoms with van der Waals surface area (Å²) in [6.07, 6.45) is 8.17. The molecule has 28 heavy (non-hydrogen) atoms. The predicted molar refractivity (Wildman–Crippen MR) is 108 cm³/mol. The minimum absolute atomic E-state index is 0.193. The quantitative estimate of drug-likeness (QED) is 0.501. The van der Waals surface area contributed by atoms with E-state index < -0.39 is 0 Å². The summed E-state index contributed by atoms with van der Waals surface area (Å²) in [6.45, 7) is 0. The Morgan fingerprint density at radius 1 is 1.14 bits per heavy atom. The lowest BCUT2D eigenvalue weighted by molar-refractivity contribution is -0.111. The number of rotatable bonds is 6. The lowest BCUT2D eigenvalue weighted by atomic mass is 10.3. The summed E-state index contributed by atoms with van der Waals surface area (Å²) >= 11 is 1.57. The van der Waals surface area contributed by atoms with Crippen LogP contribution in [-0.4, -0.2) is 25.7 Å². The number of carbonyl (C=O) groups is 1. The van der Waals surface area contributed by atoms with Crippen LogP contribution in [0.15, 0.2) is 78.7 Å². The third-order valence-electron chi connectivity index (χ3n) is 3.65. The number of ether oxygens (including phenoxy) is 1. The molecule has 0 aliphatic heterocycles. The van der Waals surface area contributed by atoms with Gasteiger partial charge in [0, 0.05) is 35.1 Å². The van der Waals surface area contributed by atoms with E-state index in [4.69, 9.17) is 4.74 Å². The fourth-order valence-corrected chi connectivity index (χ4v) is 2.99. The second-order valence-electron chi connectivity index (χ2n) is 5.63. The largest absolute Gasteiger partial charge is 0.439 e. The van der Waals surface area contributed by atoms with Gasteiger partial charge in [0.1, 0.15) is 12.1 Å². The Labute approximate surface area is 165 Å². The molecule has 3 aromatic heterocycles. The number of nitrogens with one attached hydrogen (secondary N) is 1. The normalized spacial score (nSPS) is 10.9. The van der Waals surface area contributed by atoms with Gasteiger partial charge in [0.05, 0.1) is 0 Å². The number of thiophene rings is 1. The highest BCUT2D eigenvalue weighted by atomic mass is 32.1. The maximum atomic E-state index is 12.0. The fraction of sp³-hybridized carbons (Fsp3) is 0. The number of hydrogen-bond acceptors (Lipinski definition) is 6. The van der Waals surface area contributed by atoms with Gasteiger partial charge in [-0.1, -0.05) is 6.07 Å². The van der Waals surface area contributed by atoms with Crippen LogP contribution in [0.1, 0.15) is 4.88 Å². The molecule has 0 radical (unpaired) electrons. The minimum atomic E-state index is -0.193. The van der Waals surface area contributed by atoms with Crippen LogP contribution in [0.3, 0.4) is 0 Å². The number of anilines is 1. The fourth-order valence-electron chi connectivity index (χ4n) is 2.37. The lowest BCUT2D eigenvalue weighted by Crippen LogP contribution is -2.07. The number of aromatic nitrogens is 4. The van der Waals surface area contributed by atoms with Crippen LogP contribution in [0.25, 0.3) is 11.9 Å². The molecule has 0 aliphatic carbocycles. The molecular formula is C20H15N5O2S. The van der Waals surface area contributed by atoms with Crippen LogP contribution in [0.5, 0.6) is 11.6 Å². The van der Waals surface area contributed by atoms with Crippen molar-refractivity contribution in [3.63, 3.8) is 0 Å². The highest BCUT2D eigenvalue weighted by Gasteiger charge is 2.05. The molecule has 0 bridgehead atoms. The van der Waals surface area contributed by atoms with Gasteiger partial charge in [0.15, 0.2) is 5.82 Å². The predicted octanol–water partition coefficient (Wildman–Crippen LogP) is 4.17. The van der Waals surface area contributed by atoms with Crippen LogP contribution >= 0.6 is 11.3 Å². The second kappa shape index (κ2) is 8.28. The van der Waals surface area contributed by atoms with E-state index in [-0.39, 0.29) is 5.91 Å². The molecule has 0 spiro atoms. The topological polar surface area (TPSA) is 81.9 Å². The molecule has 4 aromatic rings. The van der Waals surface area contributed by atoms with E-state index in [0.29, 0.717) is 23.1 Å². The van der Waals surface area contributed by atoms with E-state index in [1.165, 1.54) is 12.4 Å². The van der Waals surface area contributed by atoms with Gasteiger partial charge in [0.2, 0.25) is 11.8 Å². The number of benzene rings is 1. The third kappa shape index (κ3) is 4.49. The van der Waals surface area contributed by atoms with Gasteiger partial charge < -0.3 is 10.1 Å². The van der Waals surface area contributed by atoms with Crippen molar-refractivity contribution in [2.75, 3.05) is 5.32 Å². The molecule has 7 nitrogen and oxygen atoms in total. The highest BCUT2D eigenvalue weighted by Crippen LogP contribution is 2.22. The first-order valence-electron chi connectivity index (χ1n) is 8.39. The molecule has 0 saturated heterocycles. The summed E-state index contributed by atoms with van der Waals surface area (Å²) in [5, 5.41) is 8.90. The summed E-state index contributed by atoms with van der Waals surface area (Å²) < 4.78 is 7.38. The van der Waals surface area contributed by atoms with Gasteiger partial charge in [-0.05, 0) is 47.9 Å². The van der Waals surface area contributed by atoms with Gasteiger partial charge in [-0.25, -0.2) is 14.6 Å². The first-order valence-corrected chi connectivity index (χ1v) is 9.27. The summed E-state index contributed by atoms with van der Waals surface area (Å²) in [4.78, 5) is 21.3. The Bertz CT molecular complexity index is 1070. The number of carbonyl (C=O) groups excluding carboxylic acids is 1. The molecule has 0 fully saturated rings. The van der Waals surface area contributed by atoms with Crippen LogP contribution in [0, 0.1) is 0 Å². The zero-order chi connectivity index (χ0) is 19.2. The van der Waals surface area contributed by atoms with Crippen LogP contribution in [-0.2, 0) is 4.79 Å². The van der Waals surface area contributed by atoms with Gasteiger partial charge in [-0.15, -0.1) is 11.3 Å². The monoisotopic (exact) mass is 389 g/mol. The van der Waals surface area contributed by atoms with Crippen molar-refractivity contribution in [3.05, 3.63) is 83.6 Å². The molecule has 1 amide bonds. The van der Waals surface area contributed by atoms with Crippen molar-refractivity contribution in [2.24, 2.45) is 0 Å². The summed E-state index contributed by atoms with van der Waals surface area (Å²) in [7, 11) is 0. The lowest BCUT2D eigenvalue weighted by Gasteiger charge is -2.07. The molecule has 0 atom stereocenters. The minimum Gasteiger partial charge on any atom is -0.439 e. The molecule has 8 heteroatoms. The van der Waals surface area contributed by atoms with Crippen molar-refractivity contribution in [3.8, 4) is 17.4 Å². The standard InChI is InChI=1S/C20H15N5O2S/c26-19(9-8-17-3-1-12-28-17)24-15-4-6-16(7-5-15)27-20-13-18(21-14-22-20)25-11-2-10-23-25/h1-14H,(H,24,26)/b9-8+. The third-order valence-corrected chi connectivity index (χ3v) is 4.49. The second-order valence-corrected chi connectivity index (χ2v) is 6.61. The number of hydrogen-bond donors (Lipinski definition) is 1. The van der Waals surface area contributed by atoms with E-state index in [1.807, 2.05) is 23.6 Å². The molecule has 0 aliphatic rings. The molecule has 4 rings (SSSR count). The van der Waals surface area contributed by atoms with E-state index in [2.05, 4.69) is 20.4 Å². The zero-order valence-corrected chi connectivity index (χ0v) is 15.4. The maximum Gasteiger partial charge on any atom is 0.248 e. The van der Waals surface area contributed by atoms with E-state index >= 15 is 0 Å². The smallest absolute Gasteiger partial charge is 0.248 e. The average Bonchev–Trinajstić information content (AvgIpc) is 3.42. The number of amides is 1. The van der Waals surface area contributed by atoms with E-state index in [1.54, 1.807) is 64.8 Å². The van der Waals surface area contributed by atoms with E-state index in [9.17, 15) is 4.79 Å². The maximum absolute atomic E-state index is 12.0. The first kappa shape index (κ1) is 17.6. The SMILES string of the molecule is O=C(/C=C/c1cccs1)Nc1ccc(Oc2cc(-n3cccn3)ncn2)cc1. The summed E-state index contributed by atoms with van der Waals surface area (Å²) in [5.41, 5.74) is 0.674. The molecule has 0 unspecified atom stereocenters. The molecule has 1 aromatic carbocycles. The Hall–Kier alpha value is -3.78. The zero-order valence-electron chi connectivity index (χ0n) is 14.6. The molecule has 1 N–H and O–H groups in total. The Kier molecular flexibility index (Phi) is 5.21. The van der Waals surface area contributed by atoms with E-state index in [0.717, 1.165) is 4.88 Å². The molecule has 138 valence electrons. The van der Waals surface area contributed by atoms with Crippen molar-refractivity contribution >= 4 is 29.0 Å². The van der Waals surface area contributed by atoms with Crippen LogP contribution < -0.4 is 10.1 Å². The van der Waals surface area contributed by atoms with Crippen LogP contribution in [0.4, 0.5) is 5.69 Å². The van der Waals surface area contributed by atoms with Crippen molar-refractivity contribution < 1.29 is 9.53 Å². The van der Waals surface area contributed by atoms with Crippen LogP contribution in [0.2, 0.25) is 0 Å².